The summed E-state index contributed by atoms with van der Waals surface area (Å²) in [6.45, 7) is -1.36. The summed E-state index contributed by atoms with van der Waals surface area (Å²) in [7, 11) is -5.57. The molecule has 0 N–H and O–H groups in total. The van der Waals surface area contributed by atoms with Crippen molar-refractivity contribution in [2.75, 3.05) is 13.2 Å². The molecule has 5 nitrogen and oxygen atoms in total. The molecule has 0 saturated heterocycles. The molecular weight excluding hydrogens is 922 g/mol. The second kappa shape index (κ2) is 9.49. The van der Waals surface area contributed by atoms with Crippen LogP contribution < -0.4 is 0 Å². The van der Waals surface area contributed by atoms with Gasteiger partial charge in [0.05, 0.1) is 12.2 Å². The minimum absolute atomic E-state index is 0.295. The largest absolute Gasteiger partial charge is 0.538 e. The van der Waals surface area contributed by atoms with Crippen LogP contribution in [-0.4, -0.2) is 33.0 Å². The first-order chi connectivity index (χ1) is 10.8. The highest BCUT2D eigenvalue weighted by Gasteiger charge is 2.38. The van der Waals surface area contributed by atoms with E-state index >= 15 is 0 Å². The van der Waals surface area contributed by atoms with Gasteiger partial charge in [0, 0.05) is 17.9 Å². The number of nitrogens with zero attached hydrogens (tertiary/aromatic N) is 1. The van der Waals surface area contributed by atoms with Crippen LogP contribution in [0.3, 0.4) is 0 Å². The van der Waals surface area contributed by atoms with Crippen LogP contribution in [0.1, 0.15) is 10.4 Å². The molecule has 136 valence electrons. The van der Waals surface area contributed by atoms with Gasteiger partial charge in [-0.25, -0.2) is 13.2 Å². The van der Waals surface area contributed by atoms with E-state index in [4.69, 9.17) is 4.74 Å². The number of sulfonamides is 1. The topological polar surface area (TPSA) is 74.5 Å². The minimum atomic E-state index is -5.57. The van der Waals surface area contributed by atoms with Crippen LogP contribution in [0.4, 0.5) is 13.2 Å². The smallest absolute Gasteiger partial charge is 0.480 e. The fourth-order valence-electron chi connectivity index (χ4n) is 1.23. The third-order valence-electron chi connectivity index (χ3n) is 2.29. The summed E-state index contributed by atoms with van der Waals surface area (Å²) < 4.78 is 69.3. The molecule has 0 spiro atoms. The zero-order chi connectivity index (χ0) is 18.9. The fourth-order valence-corrected chi connectivity index (χ4v) is 6.89. The van der Waals surface area contributed by atoms with Gasteiger partial charge < -0.3 is 9.46 Å². The number of hydrogen-bond acceptors (Lipinski definition) is 4. The molecule has 0 atom stereocenters. The molecule has 0 fully saturated rings. The van der Waals surface area contributed by atoms with Gasteiger partial charge >= 0.3 is 11.5 Å². The van der Waals surface area contributed by atoms with Crippen LogP contribution in [0.2, 0.25) is 0 Å². The Balaban J connectivity index is 2.82. The normalized spacial score (nSPS) is 12.3. The van der Waals surface area contributed by atoms with E-state index in [9.17, 15) is 26.4 Å². The maximum Gasteiger partial charge on any atom is 0.480 e. The molecule has 1 aromatic carbocycles. The zero-order valence-electron chi connectivity index (χ0n) is 10.9. The second-order valence-electron chi connectivity index (χ2n) is 3.85. The van der Waals surface area contributed by atoms with E-state index in [1.54, 1.807) is 0 Å². The number of ether oxygens (including phenoxy) is 1. The Morgan fingerprint density at radius 3 is 1.79 bits per heavy atom. The number of alkyl halides is 3. The summed E-state index contributed by atoms with van der Waals surface area (Å²) in [4.78, 5) is 12.2. The summed E-state index contributed by atoms with van der Waals surface area (Å²) in [6, 6.07) is 0. The number of rotatable bonds is 5. The van der Waals surface area contributed by atoms with E-state index in [0.717, 1.165) is 10.7 Å². The Hall–Kier alpha value is 2.04. The van der Waals surface area contributed by atoms with E-state index in [2.05, 4.69) is 72.5 Å². The van der Waals surface area contributed by atoms with Crippen molar-refractivity contribution >= 4 is 129 Å². The van der Waals surface area contributed by atoms with E-state index in [-0.39, 0.29) is 0 Å². The van der Waals surface area contributed by atoms with Crippen LogP contribution in [-0.2, 0) is 14.8 Å². The Kier molecular flexibility index (Phi) is 9.53. The van der Waals surface area contributed by atoms with Crippen molar-refractivity contribution in [3.8, 4) is 0 Å². The van der Waals surface area contributed by atoms with Crippen molar-refractivity contribution in [1.82, 2.24) is 0 Å². The molecule has 0 unspecified atom stereocenters. The van der Waals surface area contributed by atoms with Crippen LogP contribution >= 0.6 is 113 Å². The minimum Gasteiger partial charge on any atom is -0.538 e. The van der Waals surface area contributed by atoms with Gasteiger partial charge in [-0.2, -0.15) is 13.2 Å². The third-order valence-corrected chi connectivity index (χ3v) is 12.9. The maximum atomic E-state index is 12.2. The fraction of sp³-hybridized carbons (Fsp3) is 0.300. The monoisotopic (exact) mass is 926 g/mol. The number of hydrogen-bond donors (Lipinski definition) is 0. The maximum absolute atomic E-state index is 12.2. The highest BCUT2D eigenvalue weighted by molar-refractivity contribution is 14.1. The van der Waals surface area contributed by atoms with Crippen molar-refractivity contribution in [1.29, 1.82) is 0 Å². The lowest BCUT2D eigenvalue weighted by molar-refractivity contribution is -0.0427. The predicted molar refractivity (Wildman–Crippen MR) is 124 cm³/mol. The highest BCUT2D eigenvalue weighted by atomic mass is 127. The van der Waals surface area contributed by atoms with Crippen LogP contribution in [0.15, 0.2) is 0 Å². The third kappa shape index (κ3) is 5.77. The lowest BCUT2D eigenvalue weighted by Crippen LogP contribution is -2.23. The summed E-state index contributed by atoms with van der Waals surface area (Å²) in [5.74, 6) is -0.740. The first kappa shape index (κ1) is 24.1. The molecule has 0 bridgehead atoms. The van der Waals surface area contributed by atoms with E-state index in [1.807, 2.05) is 45.2 Å². The first-order valence-electron chi connectivity index (χ1n) is 5.50. The Morgan fingerprint density at radius 2 is 1.38 bits per heavy atom. The van der Waals surface area contributed by atoms with Crippen LogP contribution in [0.5, 0.6) is 0 Å². The number of halogens is 8. The number of esters is 1. The molecule has 0 aliphatic heterocycles. The van der Waals surface area contributed by atoms with Crippen molar-refractivity contribution in [3.05, 3.63) is 28.1 Å². The first-order valence-corrected chi connectivity index (χ1v) is 12.3. The number of carbonyl (C=O) groups is 1. The van der Waals surface area contributed by atoms with Crippen molar-refractivity contribution in [2.24, 2.45) is 0 Å². The SMILES string of the molecule is O=C(OCC[N-]S(=O)(=O)C(F)(F)F)c1c(I)c(I)c(I)c(I)c1I. The van der Waals surface area contributed by atoms with Crippen molar-refractivity contribution in [2.45, 2.75) is 5.51 Å². The zero-order valence-corrected chi connectivity index (χ0v) is 22.5. The molecule has 0 saturated carbocycles. The molecule has 24 heavy (non-hydrogen) atoms. The quantitative estimate of drug-likeness (QED) is 0.136. The van der Waals surface area contributed by atoms with E-state index < -0.39 is 34.7 Å². The van der Waals surface area contributed by atoms with Gasteiger partial charge in [-0.05, 0) is 113 Å². The molecule has 0 aliphatic rings. The highest BCUT2D eigenvalue weighted by Crippen LogP contribution is 2.34. The van der Waals surface area contributed by atoms with Crippen LogP contribution in [0.25, 0.3) is 4.72 Å². The lowest BCUT2D eigenvalue weighted by atomic mass is 10.2. The van der Waals surface area contributed by atoms with Gasteiger partial charge in [-0.3, -0.25) is 0 Å². The van der Waals surface area contributed by atoms with Gasteiger partial charge in [0.25, 0.3) is 0 Å². The molecule has 0 radical (unpaired) electrons. The molecule has 0 aromatic heterocycles. The molecular formula is C10H4F3I5NO4S-. The summed E-state index contributed by atoms with van der Waals surface area (Å²) in [6.07, 6.45) is 0. The lowest BCUT2D eigenvalue weighted by Gasteiger charge is -2.21. The molecule has 14 heteroatoms. The number of benzene rings is 1. The Bertz CT molecular complexity index is 740. The van der Waals surface area contributed by atoms with Gasteiger partial charge in [0.2, 0.25) is 0 Å². The summed E-state index contributed by atoms with van der Waals surface area (Å²) in [5.41, 5.74) is -5.16. The molecule has 0 heterocycles. The average Bonchev–Trinajstić information content (AvgIpc) is 2.46. The predicted octanol–water partition coefficient (Wildman–Crippen LogP) is 5.09. The van der Waals surface area contributed by atoms with E-state index in [1.165, 1.54) is 0 Å². The molecule has 1 rings (SSSR count). The molecule has 0 aliphatic carbocycles. The molecule has 1 aromatic rings. The van der Waals surface area contributed by atoms with E-state index in [0.29, 0.717) is 12.7 Å². The van der Waals surface area contributed by atoms with Crippen LogP contribution in [0, 0.1) is 17.9 Å². The Morgan fingerprint density at radius 1 is 0.958 bits per heavy atom. The van der Waals surface area contributed by atoms with Gasteiger partial charge in [-0.1, -0.05) is 0 Å². The van der Waals surface area contributed by atoms with Gasteiger partial charge in [-0.15, -0.1) is 6.54 Å². The van der Waals surface area contributed by atoms with Crippen molar-refractivity contribution in [3.63, 3.8) is 0 Å². The summed E-state index contributed by atoms with van der Waals surface area (Å²) in [5, 5.41) is 0. The van der Waals surface area contributed by atoms with Gasteiger partial charge in [0.15, 0.2) is 10.0 Å². The second-order valence-corrected chi connectivity index (χ2v) is 10.9. The average molecular weight is 926 g/mol. The number of carbonyl (C=O) groups excluding carboxylic acids is 1. The van der Waals surface area contributed by atoms with Gasteiger partial charge in [0.1, 0.15) is 0 Å². The Labute approximate surface area is 203 Å². The molecule has 0 amide bonds. The van der Waals surface area contributed by atoms with Crippen molar-refractivity contribution < 1.29 is 31.1 Å². The standard InChI is InChI=1S/C10H4F3I5NO4S/c11-10(12,13)24(21,22)19-1-2-23-9(20)3-4(14)6(16)8(18)7(17)5(3)15/h1-2H2/q-1. The summed E-state index contributed by atoms with van der Waals surface area (Å²) >= 11 is 10.3.